The van der Waals surface area contributed by atoms with Gasteiger partial charge in [-0.1, -0.05) is 48.5 Å². The van der Waals surface area contributed by atoms with Gasteiger partial charge in [0.05, 0.1) is 19.1 Å². The van der Waals surface area contributed by atoms with E-state index in [0.29, 0.717) is 5.56 Å². The molecule has 2 N–H and O–H groups in total. The molecular weight excluding hydrogens is 305 g/mol. The van der Waals surface area contributed by atoms with Crippen molar-refractivity contribution in [2.24, 2.45) is 0 Å². The van der Waals surface area contributed by atoms with Crippen LogP contribution >= 0.6 is 0 Å². The van der Waals surface area contributed by atoms with Crippen LogP contribution in [0.3, 0.4) is 0 Å². The zero-order valence-corrected chi connectivity index (χ0v) is 13.1. The number of rotatable bonds is 5. The Labute approximate surface area is 139 Å². The second-order valence-electron chi connectivity index (χ2n) is 5.72. The minimum absolute atomic E-state index is 0.0713. The average molecular weight is 323 g/mol. The van der Waals surface area contributed by atoms with Crippen LogP contribution < -0.4 is 5.32 Å². The minimum atomic E-state index is -0.490. The van der Waals surface area contributed by atoms with Gasteiger partial charge in [-0.15, -0.1) is 0 Å². The van der Waals surface area contributed by atoms with Gasteiger partial charge in [-0.05, 0) is 40.1 Å². The van der Waals surface area contributed by atoms with Crippen molar-refractivity contribution in [2.45, 2.75) is 12.5 Å². The number of halogens is 1. The molecule has 24 heavy (non-hydrogen) atoms. The summed E-state index contributed by atoms with van der Waals surface area (Å²) in [6.07, 6.45) is 0.0713. The summed E-state index contributed by atoms with van der Waals surface area (Å²) in [5, 5.41) is 14.6. The maximum atomic E-state index is 13.2. The summed E-state index contributed by atoms with van der Waals surface area (Å²) in [6.45, 7) is -0.201. The van der Waals surface area contributed by atoms with E-state index in [0.717, 1.165) is 16.3 Å². The average Bonchev–Trinajstić information content (AvgIpc) is 2.59. The molecule has 0 saturated heterocycles. The van der Waals surface area contributed by atoms with Crippen LogP contribution in [0, 0.1) is 5.82 Å². The zero-order chi connectivity index (χ0) is 16.9. The molecular formula is C20H18FNO2. The lowest BCUT2D eigenvalue weighted by Crippen LogP contribution is -2.32. The van der Waals surface area contributed by atoms with E-state index in [4.69, 9.17) is 0 Å². The van der Waals surface area contributed by atoms with E-state index in [9.17, 15) is 14.3 Å². The van der Waals surface area contributed by atoms with Crippen molar-refractivity contribution in [3.63, 3.8) is 0 Å². The molecule has 4 heteroatoms. The standard InChI is InChI=1S/C20H18FNO2/c21-18-7-3-4-14(10-18)11-20(24)22-19(13-23)17-9-8-15-5-1-2-6-16(15)12-17/h1-10,12,19,23H,11,13H2,(H,22,24)/t19-/m0/s1. The van der Waals surface area contributed by atoms with Gasteiger partial charge >= 0.3 is 0 Å². The summed E-state index contributed by atoms with van der Waals surface area (Å²) in [5.41, 5.74) is 1.44. The molecule has 0 saturated carbocycles. The number of hydrogen-bond acceptors (Lipinski definition) is 2. The minimum Gasteiger partial charge on any atom is -0.394 e. The first-order valence-electron chi connectivity index (χ1n) is 7.79. The first-order valence-corrected chi connectivity index (χ1v) is 7.79. The van der Waals surface area contributed by atoms with Gasteiger partial charge in [0.1, 0.15) is 5.82 Å². The molecule has 122 valence electrons. The predicted octanol–water partition coefficient (Wildman–Crippen LogP) is 3.37. The zero-order valence-electron chi connectivity index (χ0n) is 13.1. The van der Waals surface area contributed by atoms with E-state index in [-0.39, 0.29) is 24.8 Å². The van der Waals surface area contributed by atoms with Gasteiger partial charge in [0, 0.05) is 0 Å². The second-order valence-corrected chi connectivity index (χ2v) is 5.72. The Hall–Kier alpha value is -2.72. The van der Waals surface area contributed by atoms with E-state index in [1.54, 1.807) is 12.1 Å². The third-order valence-corrected chi connectivity index (χ3v) is 3.95. The first-order chi connectivity index (χ1) is 11.7. The van der Waals surface area contributed by atoms with E-state index >= 15 is 0 Å². The van der Waals surface area contributed by atoms with E-state index in [1.165, 1.54) is 12.1 Å². The van der Waals surface area contributed by atoms with Crippen LogP contribution in [0.15, 0.2) is 66.7 Å². The molecule has 3 nitrogen and oxygen atoms in total. The Morgan fingerprint density at radius 2 is 1.79 bits per heavy atom. The third-order valence-electron chi connectivity index (χ3n) is 3.95. The maximum absolute atomic E-state index is 13.2. The van der Waals surface area contributed by atoms with Crippen LogP contribution in [-0.4, -0.2) is 17.6 Å². The van der Waals surface area contributed by atoms with Crippen LogP contribution in [0.2, 0.25) is 0 Å². The van der Waals surface area contributed by atoms with Crippen LogP contribution in [0.4, 0.5) is 4.39 Å². The molecule has 3 aromatic rings. The highest BCUT2D eigenvalue weighted by Crippen LogP contribution is 2.20. The number of aliphatic hydroxyl groups excluding tert-OH is 1. The quantitative estimate of drug-likeness (QED) is 0.756. The molecule has 3 rings (SSSR count). The highest BCUT2D eigenvalue weighted by Gasteiger charge is 2.14. The Morgan fingerprint density at radius 1 is 1.00 bits per heavy atom. The van der Waals surface area contributed by atoms with Crippen molar-refractivity contribution in [1.82, 2.24) is 5.32 Å². The number of hydrogen-bond donors (Lipinski definition) is 2. The number of fused-ring (bicyclic) bond motifs is 1. The molecule has 1 atom stereocenters. The van der Waals surface area contributed by atoms with Crippen molar-refractivity contribution in [1.29, 1.82) is 0 Å². The normalized spacial score (nSPS) is 12.1. The lowest BCUT2D eigenvalue weighted by Gasteiger charge is -2.17. The summed E-state index contributed by atoms with van der Waals surface area (Å²) in [5.74, 6) is -0.624. The molecule has 0 heterocycles. The molecule has 0 spiro atoms. The Morgan fingerprint density at radius 3 is 2.54 bits per heavy atom. The van der Waals surface area contributed by atoms with Crippen LogP contribution in [0.25, 0.3) is 10.8 Å². The van der Waals surface area contributed by atoms with Crippen LogP contribution in [0.1, 0.15) is 17.2 Å². The van der Waals surface area contributed by atoms with Crippen LogP contribution in [0.5, 0.6) is 0 Å². The molecule has 0 fully saturated rings. The Bertz CT molecular complexity index is 863. The lowest BCUT2D eigenvalue weighted by atomic mass is 10.0. The number of carbonyl (C=O) groups excluding carboxylic acids is 1. The van der Waals surface area contributed by atoms with Gasteiger partial charge in [-0.2, -0.15) is 0 Å². The number of carbonyl (C=O) groups is 1. The number of nitrogens with one attached hydrogen (secondary N) is 1. The summed E-state index contributed by atoms with van der Waals surface area (Å²) < 4.78 is 13.2. The highest BCUT2D eigenvalue weighted by atomic mass is 19.1. The third kappa shape index (κ3) is 3.78. The van der Waals surface area contributed by atoms with Gasteiger partial charge < -0.3 is 10.4 Å². The fraction of sp³-hybridized carbons (Fsp3) is 0.150. The Balaban J connectivity index is 1.74. The first kappa shape index (κ1) is 16.1. The van der Waals surface area contributed by atoms with Crippen molar-refractivity contribution >= 4 is 16.7 Å². The predicted molar refractivity (Wildman–Crippen MR) is 92.0 cm³/mol. The van der Waals surface area contributed by atoms with Gasteiger partial charge in [0.15, 0.2) is 0 Å². The monoisotopic (exact) mass is 323 g/mol. The topological polar surface area (TPSA) is 49.3 Å². The van der Waals surface area contributed by atoms with E-state index in [2.05, 4.69) is 5.32 Å². The molecule has 0 aliphatic heterocycles. The van der Waals surface area contributed by atoms with Crippen LogP contribution in [-0.2, 0) is 11.2 Å². The summed E-state index contributed by atoms with van der Waals surface area (Å²) in [7, 11) is 0. The van der Waals surface area contributed by atoms with Gasteiger partial charge in [-0.25, -0.2) is 4.39 Å². The van der Waals surface area contributed by atoms with E-state index in [1.807, 2.05) is 42.5 Å². The highest BCUT2D eigenvalue weighted by molar-refractivity contribution is 5.83. The molecule has 0 radical (unpaired) electrons. The van der Waals surface area contributed by atoms with Crippen molar-refractivity contribution in [3.05, 3.63) is 83.7 Å². The largest absolute Gasteiger partial charge is 0.394 e. The number of aliphatic hydroxyl groups is 1. The number of benzene rings is 3. The summed E-state index contributed by atoms with van der Waals surface area (Å²) >= 11 is 0. The smallest absolute Gasteiger partial charge is 0.224 e. The molecule has 1 amide bonds. The molecule has 0 unspecified atom stereocenters. The van der Waals surface area contributed by atoms with Gasteiger partial charge in [0.2, 0.25) is 5.91 Å². The molecule has 0 aliphatic rings. The maximum Gasteiger partial charge on any atom is 0.224 e. The van der Waals surface area contributed by atoms with Crippen molar-refractivity contribution in [3.8, 4) is 0 Å². The lowest BCUT2D eigenvalue weighted by molar-refractivity contribution is -0.121. The second kappa shape index (κ2) is 7.23. The Kier molecular flexibility index (Phi) is 4.87. The van der Waals surface area contributed by atoms with Crippen molar-refractivity contribution < 1.29 is 14.3 Å². The van der Waals surface area contributed by atoms with E-state index < -0.39 is 6.04 Å². The molecule has 0 aliphatic carbocycles. The number of amides is 1. The molecule has 0 bridgehead atoms. The molecule has 3 aromatic carbocycles. The fourth-order valence-electron chi connectivity index (χ4n) is 2.74. The summed E-state index contributed by atoms with van der Waals surface area (Å²) in [6, 6.07) is 19.2. The summed E-state index contributed by atoms with van der Waals surface area (Å²) in [4.78, 5) is 12.2. The van der Waals surface area contributed by atoms with Crippen molar-refractivity contribution in [2.75, 3.05) is 6.61 Å². The molecule has 0 aromatic heterocycles. The fourth-order valence-corrected chi connectivity index (χ4v) is 2.74. The van der Waals surface area contributed by atoms with Gasteiger partial charge in [0.25, 0.3) is 0 Å². The SMILES string of the molecule is O=C(Cc1cccc(F)c1)N[C@@H](CO)c1ccc2ccccc2c1. The van der Waals surface area contributed by atoms with Gasteiger partial charge in [-0.3, -0.25) is 4.79 Å².